The van der Waals surface area contributed by atoms with Crippen molar-refractivity contribution in [2.45, 2.75) is 32.5 Å². The normalized spacial score (nSPS) is 18.9. The largest absolute Gasteiger partial charge is 0.490 e. The van der Waals surface area contributed by atoms with Crippen molar-refractivity contribution >= 4 is 0 Å². The van der Waals surface area contributed by atoms with Gasteiger partial charge in [-0.1, -0.05) is 18.2 Å². The third-order valence-electron chi connectivity index (χ3n) is 4.46. The van der Waals surface area contributed by atoms with Gasteiger partial charge in [0.2, 0.25) is 0 Å². The zero-order chi connectivity index (χ0) is 17.6. The van der Waals surface area contributed by atoms with Gasteiger partial charge in [0.25, 0.3) is 0 Å². The number of aryl methyl sites for hydroxylation is 2. The number of aliphatic hydroxyl groups excluding tert-OH is 1. The summed E-state index contributed by atoms with van der Waals surface area (Å²) in [6.45, 7) is 6.68. The Hall–Kier alpha value is -2.11. The standard InChI is InChI=1S/C20H26N2O3/c1-15-5-3-6-16(2)20(15)24-14-17(23)12-22-10-8-19(13-22)25-18-7-4-9-21-11-18/h3-7,9,11,17,19,23H,8,10,12-14H2,1-2H3. The van der Waals surface area contributed by atoms with Gasteiger partial charge in [-0.05, 0) is 43.5 Å². The van der Waals surface area contributed by atoms with E-state index >= 15 is 0 Å². The first-order valence-electron chi connectivity index (χ1n) is 8.78. The first-order valence-corrected chi connectivity index (χ1v) is 8.78. The molecule has 1 saturated heterocycles. The summed E-state index contributed by atoms with van der Waals surface area (Å²) in [6, 6.07) is 9.85. The molecule has 0 saturated carbocycles. The Morgan fingerprint density at radius 2 is 2.04 bits per heavy atom. The Balaban J connectivity index is 1.44. The smallest absolute Gasteiger partial charge is 0.138 e. The molecule has 0 amide bonds. The van der Waals surface area contributed by atoms with Crippen molar-refractivity contribution in [3.05, 3.63) is 53.9 Å². The van der Waals surface area contributed by atoms with Gasteiger partial charge >= 0.3 is 0 Å². The van der Waals surface area contributed by atoms with E-state index < -0.39 is 6.10 Å². The summed E-state index contributed by atoms with van der Waals surface area (Å²) in [7, 11) is 0. The van der Waals surface area contributed by atoms with Crippen LogP contribution in [0.3, 0.4) is 0 Å². The third kappa shape index (κ3) is 4.94. The third-order valence-corrected chi connectivity index (χ3v) is 4.46. The maximum absolute atomic E-state index is 10.3. The van der Waals surface area contributed by atoms with Crippen LogP contribution in [0.2, 0.25) is 0 Å². The number of nitrogens with zero attached hydrogens (tertiary/aromatic N) is 2. The molecule has 1 aliphatic heterocycles. The lowest BCUT2D eigenvalue weighted by Crippen LogP contribution is -2.35. The number of benzene rings is 1. The highest BCUT2D eigenvalue weighted by atomic mass is 16.5. The molecule has 1 N–H and O–H groups in total. The Labute approximate surface area is 149 Å². The molecule has 0 aliphatic carbocycles. The van der Waals surface area contributed by atoms with Crippen LogP contribution in [0, 0.1) is 13.8 Å². The number of para-hydroxylation sites is 1. The molecule has 0 bridgehead atoms. The highest BCUT2D eigenvalue weighted by Gasteiger charge is 2.25. The number of hydrogen-bond donors (Lipinski definition) is 1. The van der Waals surface area contributed by atoms with Crippen LogP contribution in [0.15, 0.2) is 42.7 Å². The Morgan fingerprint density at radius 1 is 1.24 bits per heavy atom. The fraction of sp³-hybridized carbons (Fsp3) is 0.450. The number of ether oxygens (including phenoxy) is 2. The zero-order valence-corrected chi connectivity index (χ0v) is 14.9. The van der Waals surface area contributed by atoms with E-state index in [9.17, 15) is 5.11 Å². The van der Waals surface area contributed by atoms with E-state index in [4.69, 9.17) is 9.47 Å². The molecule has 1 fully saturated rings. The van der Waals surface area contributed by atoms with E-state index in [0.29, 0.717) is 13.2 Å². The zero-order valence-electron chi connectivity index (χ0n) is 14.9. The highest BCUT2D eigenvalue weighted by Crippen LogP contribution is 2.23. The minimum Gasteiger partial charge on any atom is -0.490 e. The molecule has 0 radical (unpaired) electrons. The number of β-amino-alcohol motifs (C(OH)–C–C–N with tert-alkyl or cyclic N) is 1. The van der Waals surface area contributed by atoms with E-state index in [0.717, 1.165) is 42.1 Å². The van der Waals surface area contributed by atoms with Crippen LogP contribution in [0.1, 0.15) is 17.5 Å². The van der Waals surface area contributed by atoms with Crippen molar-refractivity contribution in [1.29, 1.82) is 0 Å². The van der Waals surface area contributed by atoms with Crippen molar-refractivity contribution < 1.29 is 14.6 Å². The molecule has 1 aromatic heterocycles. The quantitative estimate of drug-likeness (QED) is 0.838. The van der Waals surface area contributed by atoms with Gasteiger partial charge in [-0.3, -0.25) is 9.88 Å². The summed E-state index contributed by atoms with van der Waals surface area (Å²) in [6.07, 6.45) is 4.06. The van der Waals surface area contributed by atoms with Crippen LogP contribution in [0.25, 0.3) is 0 Å². The number of likely N-dealkylation sites (tertiary alicyclic amines) is 1. The first kappa shape index (κ1) is 17.7. The van der Waals surface area contributed by atoms with Crippen molar-refractivity contribution in [1.82, 2.24) is 9.88 Å². The van der Waals surface area contributed by atoms with E-state index in [-0.39, 0.29) is 6.10 Å². The molecular formula is C20H26N2O3. The lowest BCUT2D eigenvalue weighted by molar-refractivity contribution is 0.0715. The van der Waals surface area contributed by atoms with Gasteiger partial charge in [-0.2, -0.15) is 0 Å². The van der Waals surface area contributed by atoms with Crippen molar-refractivity contribution in [3.8, 4) is 11.5 Å². The average Bonchev–Trinajstić information content (AvgIpc) is 3.02. The summed E-state index contributed by atoms with van der Waals surface area (Å²) >= 11 is 0. The van der Waals surface area contributed by atoms with E-state index in [1.54, 1.807) is 12.4 Å². The van der Waals surface area contributed by atoms with Gasteiger partial charge in [-0.15, -0.1) is 0 Å². The predicted octanol–water partition coefficient (Wildman–Crippen LogP) is 2.59. The number of hydrogen-bond acceptors (Lipinski definition) is 5. The Bertz CT molecular complexity index is 658. The minimum absolute atomic E-state index is 0.149. The molecule has 1 aliphatic rings. The fourth-order valence-corrected chi connectivity index (χ4v) is 3.23. The maximum atomic E-state index is 10.3. The summed E-state index contributed by atoms with van der Waals surface area (Å²) < 4.78 is 11.8. The second-order valence-corrected chi connectivity index (χ2v) is 6.66. The molecule has 5 heteroatoms. The highest BCUT2D eigenvalue weighted by molar-refractivity contribution is 5.39. The molecular weight excluding hydrogens is 316 g/mol. The minimum atomic E-state index is -0.517. The molecule has 3 rings (SSSR count). The lowest BCUT2D eigenvalue weighted by atomic mass is 10.1. The molecule has 5 nitrogen and oxygen atoms in total. The first-order chi connectivity index (χ1) is 12.1. The molecule has 2 aromatic rings. The molecule has 1 aromatic carbocycles. The van der Waals surface area contributed by atoms with Crippen LogP contribution in [0.5, 0.6) is 11.5 Å². The summed E-state index contributed by atoms with van der Waals surface area (Å²) in [4.78, 5) is 6.29. The fourth-order valence-electron chi connectivity index (χ4n) is 3.23. The molecule has 25 heavy (non-hydrogen) atoms. The van der Waals surface area contributed by atoms with Crippen LogP contribution < -0.4 is 9.47 Å². The topological polar surface area (TPSA) is 54.8 Å². The Kier molecular flexibility index (Phi) is 5.89. The summed E-state index contributed by atoms with van der Waals surface area (Å²) in [5.41, 5.74) is 2.19. The number of aromatic nitrogens is 1. The number of pyridine rings is 1. The summed E-state index contributed by atoms with van der Waals surface area (Å²) in [5, 5.41) is 10.3. The van der Waals surface area contributed by atoms with E-state index in [1.807, 2.05) is 44.2 Å². The predicted molar refractivity (Wildman–Crippen MR) is 97.1 cm³/mol. The summed E-state index contributed by atoms with van der Waals surface area (Å²) in [5.74, 6) is 1.68. The van der Waals surface area contributed by atoms with E-state index in [2.05, 4.69) is 9.88 Å². The van der Waals surface area contributed by atoms with Gasteiger partial charge in [0.1, 0.15) is 30.3 Å². The van der Waals surface area contributed by atoms with Gasteiger partial charge in [0.05, 0.1) is 6.20 Å². The molecule has 134 valence electrons. The van der Waals surface area contributed by atoms with Crippen LogP contribution in [0.4, 0.5) is 0 Å². The molecule has 0 spiro atoms. The number of aliphatic hydroxyl groups is 1. The van der Waals surface area contributed by atoms with E-state index in [1.165, 1.54) is 0 Å². The molecule has 2 heterocycles. The van der Waals surface area contributed by atoms with Crippen LogP contribution in [-0.2, 0) is 0 Å². The van der Waals surface area contributed by atoms with Gasteiger partial charge in [0, 0.05) is 25.8 Å². The monoisotopic (exact) mass is 342 g/mol. The van der Waals surface area contributed by atoms with Gasteiger partial charge in [0.15, 0.2) is 0 Å². The maximum Gasteiger partial charge on any atom is 0.138 e. The van der Waals surface area contributed by atoms with Crippen molar-refractivity contribution in [2.24, 2.45) is 0 Å². The Morgan fingerprint density at radius 3 is 2.76 bits per heavy atom. The van der Waals surface area contributed by atoms with Gasteiger partial charge < -0.3 is 14.6 Å². The lowest BCUT2D eigenvalue weighted by Gasteiger charge is -2.21. The number of rotatable bonds is 7. The molecule has 2 atom stereocenters. The van der Waals surface area contributed by atoms with Crippen molar-refractivity contribution in [2.75, 3.05) is 26.2 Å². The van der Waals surface area contributed by atoms with Crippen LogP contribution >= 0.6 is 0 Å². The van der Waals surface area contributed by atoms with Gasteiger partial charge in [-0.25, -0.2) is 0 Å². The average molecular weight is 342 g/mol. The second kappa shape index (κ2) is 8.32. The van der Waals surface area contributed by atoms with Crippen molar-refractivity contribution in [3.63, 3.8) is 0 Å². The molecule has 2 unspecified atom stereocenters. The SMILES string of the molecule is Cc1cccc(C)c1OCC(O)CN1CCC(Oc2cccnc2)C1. The van der Waals surface area contributed by atoms with Crippen LogP contribution in [-0.4, -0.2) is 53.4 Å². The second-order valence-electron chi connectivity index (χ2n) is 6.66.